The van der Waals surface area contributed by atoms with Crippen LogP contribution in [0.1, 0.15) is 49.4 Å². The summed E-state index contributed by atoms with van der Waals surface area (Å²) in [5.41, 5.74) is -0.167. The molecule has 5 rings (SSSR count). The highest BCUT2D eigenvalue weighted by Gasteiger charge is 2.35. The Hall–Kier alpha value is -3.71. The minimum absolute atomic E-state index is 0.0303. The number of alkyl halides is 3. The van der Waals surface area contributed by atoms with Crippen LogP contribution in [0, 0.1) is 17.2 Å². The van der Waals surface area contributed by atoms with Crippen LogP contribution in [0.4, 0.5) is 18.9 Å². The fraction of sp³-hybridized carbons (Fsp3) is 0.429. The quantitative estimate of drug-likeness (QED) is 0.480. The van der Waals surface area contributed by atoms with Crippen molar-refractivity contribution in [3.63, 3.8) is 0 Å². The van der Waals surface area contributed by atoms with Gasteiger partial charge in [0.05, 0.1) is 17.6 Å². The van der Waals surface area contributed by atoms with Crippen LogP contribution in [0.2, 0.25) is 0 Å². The largest absolute Gasteiger partial charge is 0.416 e. The molecule has 0 atom stereocenters. The minimum Gasteiger partial charge on any atom is -0.377 e. The van der Waals surface area contributed by atoms with Crippen molar-refractivity contribution in [1.82, 2.24) is 14.5 Å². The van der Waals surface area contributed by atoms with E-state index in [1.165, 1.54) is 12.1 Å². The zero-order chi connectivity index (χ0) is 26.9. The summed E-state index contributed by atoms with van der Waals surface area (Å²) in [6.45, 7) is 1.66. The lowest BCUT2D eigenvalue weighted by Gasteiger charge is -2.46. The second-order valence-corrected chi connectivity index (χ2v) is 10.2. The van der Waals surface area contributed by atoms with Gasteiger partial charge in [0.15, 0.2) is 5.78 Å². The molecule has 2 aromatic heterocycles. The van der Waals surface area contributed by atoms with E-state index in [1.54, 1.807) is 12.1 Å². The van der Waals surface area contributed by atoms with Crippen LogP contribution in [0.5, 0.6) is 0 Å². The fourth-order valence-electron chi connectivity index (χ4n) is 5.67. The summed E-state index contributed by atoms with van der Waals surface area (Å²) in [6, 6.07) is 12.4. The van der Waals surface area contributed by atoms with Gasteiger partial charge < -0.3 is 9.88 Å². The predicted molar refractivity (Wildman–Crippen MR) is 137 cm³/mol. The van der Waals surface area contributed by atoms with E-state index in [2.05, 4.69) is 15.2 Å². The predicted octanol–water partition coefficient (Wildman–Crippen LogP) is 4.77. The topological polar surface area (TPSA) is 91.0 Å². The standard InChI is InChI=1S/C28H28F3N5O2/c29-28(30,31)19-4-9-25-24(12-19)26(13-20(14-32)34-25)33-15-23(37)11-18-16-35(17-18)21-5-7-22(8-6-21)36-10-2-1-3-27(36)38/h1-4,9-10,12-13,18,21-22H,5-8,11,15-17H2,(H,33,34). The Bertz CT molecular complexity index is 1430. The number of nitrogens with one attached hydrogen (secondary N) is 1. The number of Topliss-reactive ketones (excluding diaryl/α,β-unsaturated/α-hetero) is 1. The van der Waals surface area contributed by atoms with Crippen LogP contribution < -0.4 is 10.9 Å². The van der Waals surface area contributed by atoms with Gasteiger partial charge in [-0.1, -0.05) is 6.07 Å². The maximum absolute atomic E-state index is 13.2. The van der Waals surface area contributed by atoms with Crippen molar-refractivity contribution in [3.8, 4) is 6.07 Å². The lowest BCUT2D eigenvalue weighted by atomic mass is 9.85. The molecule has 198 valence electrons. The van der Waals surface area contributed by atoms with Crippen molar-refractivity contribution in [2.24, 2.45) is 5.92 Å². The van der Waals surface area contributed by atoms with Crippen LogP contribution in [0.3, 0.4) is 0 Å². The molecule has 1 aromatic carbocycles. The second-order valence-electron chi connectivity index (χ2n) is 10.2. The molecule has 1 aliphatic heterocycles. The van der Waals surface area contributed by atoms with Gasteiger partial charge in [0, 0.05) is 54.9 Å². The number of anilines is 1. The number of pyridine rings is 2. The molecular weight excluding hydrogens is 495 g/mol. The van der Waals surface area contributed by atoms with Gasteiger partial charge in [0.2, 0.25) is 0 Å². The first-order valence-electron chi connectivity index (χ1n) is 12.8. The van der Waals surface area contributed by atoms with Crippen molar-refractivity contribution >= 4 is 22.4 Å². The highest BCUT2D eigenvalue weighted by molar-refractivity contribution is 5.94. The van der Waals surface area contributed by atoms with E-state index < -0.39 is 11.7 Å². The lowest BCUT2D eigenvalue weighted by molar-refractivity contribution is -0.137. The number of benzene rings is 1. The number of carbonyl (C=O) groups is 1. The Balaban J connectivity index is 1.13. The summed E-state index contributed by atoms with van der Waals surface area (Å²) in [7, 11) is 0. The second kappa shape index (κ2) is 10.6. The lowest BCUT2D eigenvalue weighted by Crippen LogP contribution is -2.53. The summed E-state index contributed by atoms with van der Waals surface area (Å²) < 4.78 is 41.5. The van der Waals surface area contributed by atoms with Crippen molar-refractivity contribution in [2.75, 3.05) is 25.0 Å². The maximum Gasteiger partial charge on any atom is 0.416 e. The number of aromatic nitrogens is 2. The molecule has 1 N–H and O–H groups in total. The zero-order valence-electron chi connectivity index (χ0n) is 20.7. The summed E-state index contributed by atoms with van der Waals surface area (Å²) >= 11 is 0. The first kappa shape index (κ1) is 25.9. The number of carbonyl (C=O) groups excluding carboxylic acids is 1. The third-order valence-corrected chi connectivity index (χ3v) is 7.66. The monoisotopic (exact) mass is 523 g/mol. The first-order valence-corrected chi connectivity index (χ1v) is 12.8. The van der Waals surface area contributed by atoms with E-state index in [-0.39, 0.29) is 52.1 Å². The molecule has 1 aliphatic carbocycles. The van der Waals surface area contributed by atoms with E-state index >= 15 is 0 Å². The molecule has 38 heavy (non-hydrogen) atoms. The minimum atomic E-state index is -4.51. The Morgan fingerprint density at radius 1 is 1.08 bits per heavy atom. The number of rotatable bonds is 7. The van der Waals surface area contributed by atoms with Crippen LogP contribution >= 0.6 is 0 Å². The number of ketones is 1. The molecule has 0 spiro atoms. The first-order chi connectivity index (χ1) is 18.2. The molecular formula is C28H28F3N5O2. The summed E-state index contributed by atoms with van der Waals surface area (Å²) in [5.74, 6) is 0.219. The van der Waals surface area contributed by atoms with E-state index in [0.717, 1.165) is 50.9 Å². The van der Waals surface area contributed by atoms with Gasteiger partial charge >= 0.3 is 6.18 Å². The van der Waals surface area contributed by atoms with Crippen molar-refractivity contribution < 1.29 is 18.0 Å². The van der Waals surface area contributed by atoms with Crippen LogP contribution in [-0.2, 0) is 11.0 Å². The van der Waals surface area contributed by atoms with E-state index in [9.17, 15) is 28.0 Å². The summed E-state index contributed by atoms with van der Waals surface area (Å²) in [6.07, 6.45) is 1.69. The Morgan fingerprint density at radius 3 is 2.50 bits per heavy atom. The summed E-state index contributed by atoms with van der Waals surface area (Å²) in [5, 5.41) is 12.4. The fourth-order valence-corrected chi connectivity index (χ4v) is 5.67. The van der Waals surface area contributed by atoms with Crippen LogP contribution in [0.15, 0.2) is 53.5 Å². The number of fused-ring (bicyclic) bond motifs is 1. The molecule has 3 aromatic rings. The molecule has 10 heteroatoms. The normalized spacial score (nSPS) is 20.6. The smallest absolute Gasteiger partial charge is 0.377 e. The number of hydrogen-bond donors (Lipinski definition) is 1. The number of nitrogens with zero attached hydrogens (tertiary/aromatic N) is 4. The Kier molecular flexibility index (Phi) is 7.21. The van der Waals surface area contributed by atoms with Crippen molar-refractivity contribution in [2.45, 2.75) is 50.4 Å². The molecule has 0 bridgehead atoms. The van der Waals surface area contributed by atoms with E-state index in [0.29, 0.717) is 12.5 Å². The molecule has 0 radical (unpaired) electrons. The van der Waals surface area contributed by atoms with Crippen molar-refractivity contribution in [3.05, 3.63) is 70.3 Å². The number of likely N-dealkylation sites (tertiary alicyclic amines) is 1. The maximum atomic E-state index is 13.2. The van der Waals surface area contributed by atoms with Gasteiger partial charge in [-0.05, 0) is 61.9 Å². The highest BCUT2D eigenvalue weighted by Crippen LogP contribution is 2.35. The van der Waals surface area contributed by atoms with E-state index in [4.69, 9.17) is 0 Å². The summed E-state index contributed by atoms with van der Waals surface area (Å²) in [4.78, 5) is 31.3. The molecule has 1 saturated heterocycles. The van der Waals surface area contributed by atoms with Gasteiger partial charge in [-0.15, -0.1) is 0 Å². The van der Waals surface area contributed by atoms with Gasteiger partial charge in [-0.25, -0.2) is 4.98 Å². The molecule has 3 heterocycles. The third-order valence-electron chi connectivity index (χ3n) is 7.66. The molecule has 2 fully saturated rings. The number of hydrogen-bond acceptors (Lipinski definition) is 6. The van der Waals surface area contributed by atoms with Gasteiger partial charge in [-0.2, -0.15) is 18.4 Å². The number of halogens is 3. The highest BCUT2D eigenvalue weighted by atomic mass is 19.4. The van der Waals surface area contributed by atoms with Gasteiger partial charge in [0.25, 0.3) is 5.56 Å². The van der Waals surface area contributed by atoms with Crippen molar-refractivity contribution in [1.29, 1.82) is 5.26 Å². The Morgan fingerprint density at radius 2 is 1.82 bits per heavy atom. The van der Waals surface area contributed by atoms with Gasteiger partial charge in [-0.3, -0.25) is 14.5 Å². The van der Waals surface area contributed by atoms with Gasteiger partial charge in [0.1, 0.15) is 11.8 Å². The SMILES string of the molecule is N#Cc1cc(NCC(=O)CC2CN(C3CCC(n4ccccc4=O)CC3)C2)c2cc(C(F)(F)F)ccc2n1. The zero-order valence-corrected chi connectivity index (χ0v) is 20.7. The van der Waals surface area contributed by atoms with Crippen LogP contribution in [0.25, 0.3) is 10.9 Å². The molecule has 2 aliphatic rings. The number of nitriles is 1. The molecule has 7 nitrogen and oxygen atoms in total. The van der Waals surface area contributed by atoms with E-state index in [1.807, 2.05) is 22.9 Å². The average molecular weight is 524 g/mol. The third kappa shape index (κ3) is 5.58. The average Bonchev–Trinajstić information content (AvgIpc) is 2.88. The molecule has 0 unspecified atom stereocenters. The molecule has 1 saturated carbocycles. The molecule has 0 amide bonds. The Labute approximate surface area is 217 Å². The van der Waals surface area contributed by atoms with Crippen LogP contribution in [-0.4, -0.2) is 45.9 Å².